The molecule has 1 aromatic heterocycles. The molecule has 96 valence electrons. The summed E-state index contributed by atoms with van der Waals surface area (Å²) >= 11 is 1.40. The van der Waals surface area contributed by atoms with Gasteiger partial charge in [-0.3, -0.25) is 4.79 Å². The molecule has 1 N–H and O–H groups in total. The monoisotopic (exact) mass is 256 g/mol. The first kappa shape index (κ1) is 14.0. The number of hydrogen-bond acceptors (Lipinski definition) is 5. The molecule has 0 unspecified atom stereocenters. The molecule has 0 amide bonds. The predicted molar refractivity (Wildman–Crippen MR) is 71.3 cm³/mol. The molecular weight excluding hydrogens is 236 g/mol. The lowest BCUT2D eigenvalue weighted by atomic mass is 9.93. The average Bonchev–Trinajstić information content (AvgIpc) is 2.18. The molecule has 0 spiro atoms. The second kappa shape index (κ2) is 5.08. The summed E-state index contributed by atoms with van der Waals surface area (Å²) in [5.74, 6) is 0. The molecule has 0 saturated carbocycles. The van der Waals surface area contributed by atoms with Crippen molar-refractivity contribution in [2.75, 3.05) is 11.7 Å². The molecule has 0 atom stereocenters. The lowest BCUT2D eigenvalue weighted by molar-refractivity contribution is 0.506. The maximum Gasteiger partial charge on any atom is 0.295 e. The molecule has 1 aromatic rings. The minimum absolute atomic E-state index is 0.120. The second-order valence-corrected chi connectivity index (χ2v) is 5.98. The van der Waals surface area contributed by atoms with Crippen LogP contribution in [0.2, 0.25) is 0 Å². The van der Waals surface area contributed by atoms with Crippen molar-refractivity contribution in [1.29, 1.82) is 0 Å². The van der Waals surface area contributed by atoms with Crippen molar-refractivity contribution in [3.05, 3.63) is 16.0 Å². The molecule has 0 saturated heterocycles. The fourth-order valence-electron chi connectivity index (χ4n) is 1.35. The third kappa shape index (κ3) is 3.21. The molecule has 0 aliphatic carbocycles. The van der Waals surface area contributed by atoms with Crippen LogP contribution in [0.5, 0.6) is 0 Å². The summed E-state index contributed by atoms with van der Waals surface area (Å²) in [6.45, 7) is 9.83. The highest BCUT2D eigenvalue weighted by Gasteiger charge is 2.23. The maximum absolute atomic E-state index is 12.3. The van der Waals surface area contributed by atoms with E-state index in [-0.39, 0.29) is 17.0 Å². The first-order valence-corrected chi connectivity index (χ1v) is 6.80. The minimum Gasteiger partial charge on any atom is -0.318 e. The van der Waals surface area contributed by atoms with Crippen molar-refractivity contribution in [2.24, 2.45) is 0 Å². The van der Waals surface area contributed by atoms with E-state index >= 15 is 0 Å². The van der Waals surface area contributed by atoms with Gasteiger partial charge in [-0.2, -0.15) is 4.68 Å². The Balaban J connectivity index is 3.38. The van der Waals surface area contributed by atoms with Gasteiger partial charge < -0.3 is 5.43 Å². The lowest BCUT2D eigenvalue weighted by Crippen LogP contribution is -2.40. The summed E-state index contributed by atoms with van der Waals surface area (Å²) in [6.07, 6.45) is 1.87. The van der Waals surface area contributed by atoms with Crippen molar-refractivity contribution in [3.8, 4) is 0 Å². The molecule has 0 aliphatic rings. The smallest absolute Gasteiger partial charge is 0.295 e. The predicted octanol–water partition coefficient (Wildman–Crippen LogP) is 1.61. The van der Waals surface area contributed by atoms with Crippen LogP contribution in [0.1, 0.15) is 40.3 Å². The van der Waals surface area contributed by atoms with Crippen LogP contribution in [0, 0.1) is 0 Å². The topological polar surface area (TPSA) is 59.8 Å². The Kier molecular flexibility index (Phi) is 4.19. The summed E-state index contributed by atoms with van der Waals surface area (Å²) in [6, 6.07) is 0.163. The van der Waals surface area contributed by atoms with Gasteiger partial charge in [0.2, 0.25) is 5.16 Å². The molecule has 5 nitrogen and oxygen atoms in total. The summed E-state index contributed by atoms with van der Waals surface area (Å²) in [5, 5.41) is 8.72. The van der Waals surface area contributed by atoms with E-state index in [1.54, 1.807) is 0 Å². The number of hydrogen-bond donors (Lipinski definition) is 1. The van der Waals surface area contributed by atoms with Gasteiger partial charge in [0.05, 0.1) is 0 Å². The number of nitrogens with zero attached hydrogens (tertiary/aromatic N) is 3. The Morgan fingerprint density at radius 2 is 1.88 bits per heavy atom. The molecule has 0 aliphatic heterocycles. The van der Waals surface area contributed by atoms with Gasteiger partial charge in [-0.25, -0.2) is 0 Å². The van der Waals surface area contributed by atoms with Crippen molar-refractivity contribution >= 4 is 11.8 Å². The summed E-state index contributed by atoms with van der Waals surface area (Å²) in [4.78, 5) is 12.3. The summed E-state index contributed by atoms with van der Waals surface area (Å²) < 4.78 is 1.49. The largest absolute Gasteiger partial charge is 0.318 e. The Morgan fingerprint density at radius 3 is 2.29 bits per heavy atom. The zero-order valence-corrected chi connectivity index (χ0v) is 12.1. The molecule has 0 fully saturated rings. The molecule has 0 bridgehead atoms. The fourth-order valence-corrected chi connectivity index (χ4v) is 1.79. The van der Waals surface area contributed by atoms with Crippen LogP contribution in [-0.4, -0.2) is 27.2 Å². The molecular formula is C11H20N4OS. The van der Waals surface area contributed by atoms with Gasteiger partial charge in [-0.1, -0.05) is 32.5 Å². The SMILES string of the molecule is CSc1nnc(C(C)(C)C)c(=O)n1NC(C)C. The van der Waals surface area contributed by atoms with Gasteiger partial charge >= 0.3 is 0 Å². The number of nitrogens with one attached hydrogen (secondary N) is 1. The highest BCUT2D eigenvalue weighted by molar-refractivity contribution is 7.98. The zero-order valence-electron chi connectivity index (χ0n) is 11.2. The minimum atomic E-state index is -0.304. The van der Waals surface area contributed by atoms with Crippen LogP contribution in [-0.2, 0) is 5.41 Å². The van der Waals surface area contributed by atoms with Crippen LogP contribution in [0.4, 0.5) is 0 Å². The Hall–Kier alpha value is -1.04. The van der Waals surface area contributed by atoms with Gasteiger partial charge in [0.15, 0.2) is 0 Å². The van der Waals surface area contributed by atoms with E-state index in [2.05, 4.69) is 15.6 Å². The summed E-state index contributed by atoms with van der Waals surface area (Å²) in [7, 11) is 0. The number of rotatable bonds is 3. The molecule has 17 heavy (non-hydrogen) atoms. The van der Waals surface area contributed by atoms with Gasteiger partial charge in [0, 0.05) is 11.5 Å². The van der Waals surface area contributed by atoms with E-state index in [1.807, 2.05) is 40.9 Å². The quantitative estimate of drug-likeness (QED) is 0.833. The third-order valence-corrected chi connectivity index (χ3v) is 2.74. The van der Waals surface area contributed by atoms with E-state index in [0.29, 0.717) is 10.9 Å². The molecule has 0 aromatic carbocycles. The van der Waals surface area contributed by atoms with Crippen molar-refractivity contribution < 1.29 is 0 Å². The fraction of sp³-hybridized carbons (Fsp3) is 0.727. The zero-order chi connectivity index (χ0) is 13.2. The van der Waals surface area contributed by atoms with E-state index in [4.69, 9.17) is 0 Å². The van der Waals surface area contributed by atoms with Gasteiger partial charge in [-0.15, -0.1) is 10.2 Å². The molecule has 6 heteroatoms. The van der Waals surface area contributed by atoms with Crippen LogP contribution in [0.25, 0.3) is 0 Å². The van der Waals surface area contributed by atoms with Gasteiger partial charge in [0.25, 0.3) is 5.56 Å². The number of aromatic nitrogens is 3. The van der Waals surface area contributed by atoms with E-state index in [1.165, 1.54) is 16.4 Å². The Morgan fingerprint density at radius 1 is 1.29 bits per heavy atom. The average molecular weight is 256 g/mol. The van der Waals surface area contributed by atoms with Crippen molar-refractivity contribution in [1.82, 2.24) is 14.9 Å². The van der Waals surface area contributed by atoms with E-state index in [9.17, 15) is 4.79 Å². The second-order valence-electron chi connectivity index (χ2n) is 5.21. The Labute approximate surface area is 106 Å². The first-order valence-electron chi connectivity index (χ1n) is 5.58. The Bertz CT molecular complexity index is 448. The van der Waals surface area contributed by atoms with E-state index in [0.717, 1.165) is 0 Å². The third-order valence-electron chi connectivity index (χ3n) is 2.11. The highest BCUT2D eigenvalue weighted by atomic mass is 32.2. The van der Waals surface area contributed by atoms with Crippen molar-refractivity contribution in [2.45, 2.75) is 51.2 Å². The standard InChI is InChI=1S/C11H20N4OS/c1-7(2)14-15-9(16)8(11(3,4)5)12-13-10(15)17-6/h7,14H,1-6H3. The van der Waals surface area contributed by atoms with Gasteiger partial charge in [0.1, 0.15) is 5.69 Å². The molecule has 1 rings (SSSR count). The van der Waals surface area contributed by atoms with Crippen LogP contribution in [0.3, 0.4) is 0 Å². The van der Waals surface area contributed by atoms with E-state index < -0.39 is 0 Å². The molecule has 1 heterocycles. The first-order chi connectivity index (χ1) is 7.77. The maximum atomic E-state index is 12.3. The van der Waals surface area contributed by atoms with Crippen LogP contribution < -0.4 is 11.0 Å². The van der Waals surface area contributed by atoms with Crippen LogP contribution >= 0.6 is 11.8 Å². The van der Waals surface area contributed by atoms with Crippen LogP contribution in [0.15, 0.2) is 9.95 Å². The molecule has 0 radical (unpaired) electrons. The normalized spacial score (nSPS) is 11.9. The number of thioether (sulfide) groups is 1. The lowest BCUT2D eigenvalue weighted by Gasteiger charge is -2.20. The van der Waals surface area contributed by atoms with Crippen molar-refractivity contribution in [3.63, 3.8) is 0 Å². The highest BCUT2D eigenvalue weighted by Crippen LogP contribution is 2.17. The summed E-state index contributed by atoms with van der Waals surface area (Å²) in [5.41, 5.74) is 3.14. The van der Waals surface area contributed by atoms with Gasteiger partial charge in [-0.05, 0) is 20.1 Å².